The number of benzene rings is 1. The minimum absolute atomic E-state index is 0.0923. The first kappa shape index (κ1) is 15.0. The molecule has 1 heterocycles. The lowest BCUT2D eigenvalue weighted by Gasteiger charge is -2.24. The molecule has 0 radical (unpaired) electrons. The number of methoxy groups -OCH3 is 1. The van der Waals surface area contributed by atoms with Crippen molar-refractivity contribution in [1.29, 1.82) is 0 Å². The Morgan fingerprint density at radius 2 is 2.14 bits per heavy atom. The van der Waals surface area contributed by atoms with Crippen molar-refractivity contribution < 1.29 is 19.1 Å². The zero-order valence-corrected chi connectivity index (χ0v) is 12.0. The summed E-state index contributed by atoms with van der Waals surface area (Å²) in [6.07, 6.45) is 4.25. The van der Waals surface area contributed by atoms with Crippen LogP contribution in [0.4, 0.5) is 5.69 Å². The van der Waals surface area contributed by atoms with Gasteiger partial charge in [-0.15, -0.1) is 0 Å². The Bertz CT molecular complexity index is 608. The number of likely N-dealkylation sites (N-methyl/N-ethyl adjacent to an activating group) is 1. The molecule has 110 valence electrons. The van der Waals surface area contributed by atoms with E-state index in [1.54, 1.807) is 11.9 Å². The molecule has 1 amide bonds. The number of carbonyl (C=O) groups excluding carboxylic acids is 2. The lowest BCUT2D eigenvalue weighted by Crippen LogP contribution is -2.39. The Hall–Kier alpha value is -2.40. The van der Waals surface area contributed by atoms with E-state index in [0.717, 1.165) is 11.3 Å². The van der Waals surface area contributed by atoms with Crippen LogP contribution < -0.4 is 4.90 Å². The monoisotopic (exact) mass is 287 g/mol. The first-order valence-corrected chi connectivity index (χ1v) is 6.46. The molecule has 5 nitrogen and oxygen atoms in total. The highest BCUT2D eigenvalue weighted by atomic mass is 16.5. The van der Waals surface area contributed by atoms with E-state index in [9.17, 15) is 9.59 Å². The summed E-state index contributed by atoms with van der Waals surface area (Å²) in [5.41, 5.74) is 0.324. The number of fused-ring (bicyclic) bond motifs is 1. The zero-order chi connectivity index (χ0) is 15.5. The lowest BCUT2D eigenvalue weighted by molar-refractivity contribution is -0.135. The van der Waals surface area contributed by atoms with Crippen molar-refractivity contribution in [2.75, 3.05) is 25.7 Å². The molecule has 2 rings (SSSR count). The number of anilines is 1. The maximum absolute atomic E-state index is 12.5. The molecule has 0 saturated heterocycles. The number of rotatable bonds is 5. The highest BCUT2D eigenvalue weighted by Crippen LogP contribution is 2.42. The Labute approximate surface area is 123 Å². The van der Waals surface area contributed by atoms with Gasteiger partial charge in [0.05, 0.1) is 19.4 Å². The number of hydrogen-bond acceptors (Lipinski definition) is 4. The van der Waals surface area contributed by atoms with Crippen LogP contribution in [-0.2, 0) is 24.7 Å². The summed E-state index contributed by atoms with van der Waals surface area (Å²) in [6.45, 7) is 3.83. The Balaban J connectivity index is 2.26. The predicted octanol–water partition coefficient (Wildman–Crippen LogP) is 1.79. The van der Waals surface area contributed by atoms with Crippen LogP contribution >= 0.6 is 0 Å². The largest absolute Gasteiger partial charge is 0.466 e. The van der Waals surface area contributed by atoms with Gasteiger partial charge in [-0.3, -0.25) is 4.79 Å². The minimum Gasteiger partial charge on any atom is -0.466 e. The van der Waals surface area contributed by atoms with E-state index in [-0.39, 0.29) is 12.5 Å². The fraction of sp³-hybridized carbons (Fsp3) is 0.250. The molecule has 21 heavy (non-hydrogen) atoms. The molecule has 1 unspecified atom stereocenters. The second kappa shape index (κ2) is 5.93. The maximum Gasteiger partial charge on any atom is 0.330 e. The van der Waals surface area contributed by atoms with Crippen molar-refractivity contribution >= 4 is 17.6 Å². The third-order valence-electron chi connectivity index (χ3n) is 3.44. The topological polar surface area (TPSA) is 55.8 Å². The van der Waals surface area contributed by atoms with E-state index in [4.69, 9.17) is 4.74 Å². The molecular formula is C16H17NO4. The van der Waals surface area contributed by atoms with E-state index in [1.165, 1.54) is 25.3 Å². The lowest BCUT2D eigenvalue weighted by atomic mass is 9.95. The minimum atomic E-state index is -1.22. The first-order valence-electron chi connectivity index (χ1n) is 6.46. The number of carbonyl (C=O) groups is 2. The third kappa shape index (κ3) is 2.48. The second-order valence-corrected chi connectivity index (χ2v) is 4.56. The zero-order valence-electron chi connectivity index (χ0n) is 12.0. The Kier molecular flexibility index (Phi) is 4.23. The number of para-hydroxylation sites is 1. The van der Waals surface area contributed by atoms with Crippen molar-refractivity contribution in [3.8, 4) is 0 Å². The summed E-state index contributed by atoms with van der Waals surface area (Å²) < 4.78 is 10.2. The van der Waals surface area contributed by atoms with Crippen molar-refractivity contribution in [1.82, 2.24) is 0 Å². The van der Waals surface area contributed by atoms with Crippen LogP contribution in [0.2, 0.25) is 0 Å². The van der Waals surface area contributed by atoms with E-state index in [0.29, 0.717) is 0 Å². The van der Waals surface area contributed by atoms with Gasteiger partial charge in [0.2, 0.25) is 0 Å². The molecule has 0 fully saturated rings. The average molecular weight is 287 g/mol. The summed E-state index contributed by atoms with van der Waals surface area (Å²) in [5.74, 6) is -0.674. The van der Waals surface area contributed by atoms with Crippen LogP contribution in [0.1, 0.15) is 5.56 Å². The standard InChI is InChI=1S/C16H17NO4/c1-4-16(21-11-7-10-14(18)20-3)12-8-5-6-9-13(12)17(2)15(16)19/h4-10H,1,11H2,2-3H3/b10-7+. The molecule has 1 aliphatic heterocycles. The molecule has 0 bridgehead atoms. The molecule has 0 aromatic heterocycles. The summed E-state index contributed by atoms with van der Waals surface area (Å²) in [7, 11) is 2.99. The number of hydrogen-bond donors (Lipinski definition) is 0. The molecule has 0 aliphatic carbocycles. The van der Waals surface area contributed by atoms with Gasteiger partial charge in [0.25, 0.3) is 5.91 Å². The summed E-state index contributed by atoms with van der Waals surface area (Å²) in [5, 5.41) is 0. The molecule has 0 spiro atoms. The molecule has 1 aromatic rings. The predicted molar refractivity (Wildman–Crippen MR) is 78.8 cm³/mol. The number of nitrogens with zero attached hydrogens (tertiary/aromatic N) is 1. The van der Waals surface area contributed by atoms with Crippen LogP contribution in [0, 0.1) is 0 Å². The normalized spacial score (nSPS) is 20.7. The Morgan fingerprint density at radius 3 is 2.81 bits per heavy atom. The first-order chi connectivity index (χ1) is 10.1. The van der Waals surface area contributed by atoms with Gasteiger partial charge in [0, 0.05) is 18.7 Å². The number of esters is 1. The molecule has 5 heteroatoms. The van der Waals surface area contributed by atoms with Gasteiger partial charge in [0.15, 0.2) is 5.60 Å². The summed E-state index contributed by atoms with van der Waals surface area (Å²) in [4.78, 5) is 25.1. The molecular weight excluding hydrogens is 270 g/mol. The number of amides is 1. The van der Waals surface area contributed by atoms with Crippen molar-refractivity contribution in [3.63, 3.8) is 0 Å². The van der Waals surface area contributed by atoms with E-state index >= 15 is 0 Å². The smallest absolute Gasteiger partial charge is 0.330 e. The van der Waals surface area contributed by atoms with Crippen LogP contribution in [0.15, 0.2) is 49.1 Å². The quantitative estimate of drug-likeness (QED) is 0.471. The summed E-state index contributed by atoms with van der Waals surface area (Å²) in [6, 6.07) is 7.39. The fourth-order valence-corrected chi connectivity index (χ4v) is 2.34. The fourth-order valence-electron chi connectivity index (χ4n) is 2.34. The van der Waals surface area contributed by atoms with Crippen LogP contribution in [-0.4, -0.2) is 32.6 Å². The van der Waals surface area contributed by atoms with Crippen LogP contribution in [0.3, 0.4) is 0 Å². The van der Waals surface area contributed by atoms with Gasteiger partial charge >= 0.3 is 5.97 Å². The number of ether oxygens (including phenoxy) is 2. The van der Waals surface area contributed by atoms with E-state index in [1.807, 2.05) is 24.3 Å². The van der Waals surface area contributed by atoms with Gasteiger partial charge in [-0.2, -0.15) is 0 Å². The second-order valence-electron chi connectivity index (χ2n) is 4.56. The summed E-state index contributed by atoms with van der Waals surface area (Å²) >= 11 is 0. The van der Waals surface area contributed by atoms with E-state index in [2.05, 4.69) is 11.3 Å². The van der Waals surface area contributed by atoms with Crippen molar-refractivity contribution in [2.45, 2.75) is 5.60 Å². The maximum atomic E-state index is 12.5. The van der Waals surface area contributed by atoms with Gasteiger partial charge in [-0.25, -0.2) is 4.79 Å². The highest BCUT2D eigenvalue weighted by Gasteiger charge is 2.48. The van der Waals surface area contributed by atoms with Crippen molar-refractivity contribution in [2.24, 2.45) is 0 Å². The van der Waals surface area contributed by atoms with Gasteiger partial charge in [0.1, 0.15) is 0 Å². The van der Waals surface area contributed by atoms with Crippen LogP contribution in [0.5, 0.6) is 0 Å². The molecule has 1 aromatic carbocycles. The van der Waals surface area contributed by atoms with E-state index < -0.39 is 11.6 Å². The van der Waals surface area contributed by atoms with Gasteiger partial charge in [-0.05, 0) is 12.1 Å². The molecule has 0 saturated carbocycles. The highest BCUT2D eigenvalue weighted by molar-refractivity contribution is 6.08. The van der Waals surface area contributed by atoms with Crippen molar-refractivity contribution in [3.05, 3.63) is 54.6 Å². The van der Waals surface area contributed by atoms with Gasteiger partial charge < -0.3 is 14.4 Å². The van der Waals surface area contributed by atoms with Crippen LogP contribution in [0.25, 0.3) is 0 Å². The molecule has 0 N–H and O–H groups in total. The van der Waals surface area contributed by atoms with Gasteiger partial charge in [-0.1, -0.05) is 30.9 Å². The Morgan fingerprint density at radius 1 is 1.43 bits per heavy atom. The molecule has 1 atom stereocenters. The molecule has 1 aliphatic rings. The third-order valence-corrected chi connectivity index (χ3v) is 3.44. The average Bonchev–Trinajstić information content (AvgIpc) is 2.74. The SMILES string of the molecule is C=CC1(OC/C=C/C(=O)OC)C(=O)N(C)c2ccccc21.